The molecule has 2 atom stereocenters. The SMILES string of the molecule is CC[C@@H](C=O)[C@@H](CCc1ccccc1)NC(=O)OC(C)(C)C. The maximum atomic E-state index is 12.0. The maximum absolute atomic E-state index is 12.0. The molecule has 0 unspecified atom stereocenters. The minimum atomic E-state index is -0.545. The normalized spacial score (nSPS) is 14.0. The van der Waals surface area contributed by atoms with E-state index in [1.54, 1.807) is 0 Å². The molecule has 0 saturated heterocycles. The summed E-state index contributed by atoms with van der Waals surface area (Å²) in [5, 5.41) is 2.85. The molecule has 4 heteroatoms. The van der Waals surface area contributed by atoms with Gasteiger partial charge in [0, 0.05) is 12.0 Å². The van der Waals surface area contributed by atoms with Crippen molar-refractivity contribution in [3.8, 4) is 0 Å². The van der Waals surface area contributed by atoms with Crippen molar-refractivity contribution >= 4 is 12.4 Å². The van der Waals surface area contributed by atoms with Gasteiger partial charge in [-0.2, -0.15) is 0 Å². The first-order valence-electron chi connectivity index (χ1n) is 7.84. The Morgan fingerprint density at radius 1 is 1.27 bits per heavy atom. The number of ether oxygens (including phenoxy) is 1. The largest absolute Gasteiger partial charge is 0.444 e. The van der Waals surface area contributed by atoms with E-state index in [9.17, 15) is 9.59 Å². The standard InChI is InChI=1S/C18H27NO3/c1-5-15(13-20)16(19-17(21)22-18(2,3)4)12-11-14-9-7-6-8-10-14/h6-10,13,15-16H,5,11-12H2,1-4H3,(H,19,21)/t15-,16+/m0/s1. The number of alkyl carbamates (subject to hydrolysis) is 1. The number of nitrogens with one attached hydrogen (secondary N) is 1. The van der Waals surface area contributed by atoms with E-state index in [0.717, 1.165) is 12.7 Å². The van der Waals surface area contributed by atoms with Gasteiger partial charge < -0.3 is 14.8 Å². The molecular formula is C18H27NO3. The summed E-state index contributed by atoms with van der Waals surface area (Å²) in [6.45, 7) is 7.42. The predicted molar refractivity (Wildman–Crippen MR) is 87.8 cm³/mol. The molecule has 1 N–H and O–H groups in total. The third-order valence-electron chi connectivity index (χ3n) is 3.45. The van der Waals surface area contributed by atoms with Gasteiger partial charge in [0.05, 0.1) is 0 Å². The Hall–Kier alpha value is -1.84. The first-order valence-corrected chi connectivity index (χ1v) is 7.84. The van der Waals surface area contributed by atoms with Crippen LogP contribution in [0.3, 0.4) is 0 Å². The quantitative estimate of drug-likeness (QED) is 0.781. The second-order valence-electron chi connectivity index (χ2n) is 6.49. The fourth-order valence-corrected chi connectivity index (χ4v) is 2.29. The van der Waals surface area contributed by atoms with E-state index in [4.69, 9.17) is 4.74 Å². The van der Waals surface area contributed by atoms with Gasteiger partial charge in [0.1, 0.15) is 11.9 Å². The number of hydrogen-bond donors (Lipinski definition) is 1. The Balaban J connectivity index is 2.67. The van der Waals surface area contributed by atoms with Gasteiger partial charge in [0.2, 0.25) is 0 Å². The van der Waals surface area contributed by atoms with E-state index in [1.165, 1.54) is 5.56 Å². The van der Waals surface area contributed by atoms with E-state index >= 15 is 0 Å². The summed E-state index contributed by atoms with van der Waals surface area (Å²) in [5.41, 5.74) is 0.649. The highest BCUT2D eigenvalue weighted by Crippen LogP contribution is 2.15. The lowest BCUT2D eigenvalue weighted by Crippen LogP contribution is -2.43. The van der Waals surface area contributed by atoms with Crippen molar-refractivity contribution in [1.82, 2.24) is 5.32 Å². The van der Waals surface area contributed by atoms with Crippen LogP contribution in [0.1, 0.15) is 46.1 Å². The van der Waals surface area contributed by atoms with Crippen LogP contribution in [0.25, 0.3) is 0 Å². The van der Waals surface area contributed by atoms with Crippen molar-refractivity contribution in [1.29, 1.82) is 0 Å². The molecule has 0 aliphatic carbocycles. The molecule has 0 spiro atoms. The van der Waals surface area contributed by atoms with E-state index in [0.29, 0.717) is 12.8 Å². The summed E-state index contributed by atoms with van der Waals surface area (Å²) in [5.74, 6) is -0.198. The van der Waals surface area contributed by atoms with Crippen molar-refractivity contribution in [3.05, 3.63) is 35.9 Å². The molecule has 0 aliphatic rings. The molecule has 4 nitrogen and oxygen atoms in total. The smallest absolute Gasteiger partial charge is 0.407 e. The second kappa shape index (κ2) is 8.57. The molecule has 1 aromatic rings. The van der Waals surface area contributed by atoms with E-state index in [1.807, 2.05) is 58.0 Å². The van der Waals surface area contributed by atoms with Gasteiger partial charge in [-0.3, -0.25) is 0 Å². The lowest BCUT2D eigenvalue weighted by molar-refractivity contribution is -0.112. The number of benzene rings is 1. The fraction of sp³-hybridized carbons (Fsp3) is 0.556. The molecule has 0 bridgehead atoms. The van der Waals surface area contributed by atoms with Crippen molar-refractivity contribution < 1.29 is 14.3 Å². The van der Waals surface area contributed by atoms with Crippen LogP contribution in [0, 0.1) is 5.92 Å². The number of carbonyl (C=O) groups excluding carboxylic acids is 2. The third kappa shape index (κ3) is 6.74. The molecule has 0 fully saturated rings. The number of rotatable bonds is 7. The number of hydrogen-bond acceptors (Lipinski definition) is 3. The number of amides is 1. The lowest BCUT2D eigenvalue weighted by atomic mass is 9.93. The van der Waals surface area contributed by atoms with Gasteiger partial charge in [-0.1, -0.05) is 37.3 Å². The monoisotopic (exact) mass is 305 g/mol. The zero-order chi connectivity index (χ0) is 16.6. The van der Waals surface area contributed by atoms with Gasteiger partial charge in [0.25, 0.3) is 0 Å². The molecule has 122 valence electrons. The summed E-state index contributed by atoms with van der Waals surface area (Å²) in [7, 11) is 0. The summed E-state index contributed by atoms with van der Waals surface area (Å²) in [4.78, 5) is 23.2. The minimum Gasteiger partial charge on any atom is -0.444 e. The summed E-state index contributed by atoms with van der Waals surface area (Å²) in [6, 6.07) is 9.84. The van der Waals surface area contributed by atoms with E-state index < -0.39 is 11.7 Å². The van der Waals surface area contributed by atoms with Crippen LogP contribution in [-0.2, 0) is 16.0 Å². The highest BCUT2D eigenvalue weighted by Gasteiger charge is 2.24. The number of aryl methyl sites for hydroxylation is 1. The van der Waals surface area contributed by atoms with Crippen molar-refractivity contribution in [2.24, 2.45) is 5.92 Å². The first-order chi connectivity index (χ1) is 10.4. The molecule has 0 aliphatic heterocycles. The zero-order valence-electron chi connectivity index (χ0n) is 14.0. The van der Waals surface area contributed by atoms with Gasteiger partial charge >= 0.3 is 6.09 Å². The molecule has 1 amide bonds. The van der Waals surface area contributed by atoms with Gasteiger partial charge in [-0.15, -0.1) is 0 Å². The number of carbonyl (C=O) groups is 2. The Morgan fingerprint density at radius 3 is 2.41 bits per heavy atom. The van der Waals surface area contributed by atoms with Crippen LogP contribution in [0.5, 0.6) is 0 Å². The average molecular weight is 305 g/mol. The average Bonchev–Trinajstić information content (AvgIpc) is 2.45. The molecular weight excluding hydrogens is 278 g/mol. The van der Waals surface area contributed by atoms with Crippen LogP contribution in [0.15, 0.2) is 30.3 Å². The van der Waals surface area contributed by atoms with Gasteiger partial charge in [-0.25, -0.2) is 4.79 Å². The van der Waals surface area contributed by atoms with Crippen molar-refractivity contribution in [3.63, 3.8) is 0 Å². The lowest BCUT2D eigenvalue weighted by Gasteiger charge is -2.26. The predicted octanol–water partition coefficient (Wildman–Crippen LogP) is 3.74. The highest BCUT2D eigenvalue weighted by atomic mass is 16.6. The maximum Gasteiger partial charge on any atom is 0.407 e. The van der Waals surface area contributed by atoms with E-state index in [-0.39, 0.29) is 12.0 Å². The Morgan fingerprint density at radius 2 is 1.91 bits per heavy atom. The molecule has 0 aromatic heterocycles. The topological polar surface area (TPSA) is 55.4 Å². The highest BCUT2D eigenvalue weighted by molar-refractivity contribution is 5.69. The van der Waals surface area contributed by atoms with E-state index in [2.05, 4.69) is 5.32 Å². The summed E-state index contributed by atoms with van der Waals surface area (Å²) in [6.07, 6.45) is 2.67. The summed E-state index contributed by atoms with van der Waals surface area (Å²) >= 11 is 0. The van der Waals surface area contributed by atoms with Crippen LogP contribution in [-0.4, -0.2) is 24.0 Å². The Labute approximate surface area is 133 Å². The molecule has 1 aromatic carbocycles. The second-order valence-corrected chi connectivity index (χ2v) is 6.49. The van der Waals surface area contributed by atoms with Gasteiger partial charge in [0.15, 0.2) is 0 Å². The van der Waals surface area contributed by atoms with Crippen molar-refractivity contribution in [2.45, 2.75) is 58.6 Å². The first kappa shape index (κ1) is 18.2. The van der Waals surface area contributed by atoms with Crippen molar-refractivity contribution in [2.75, 3.05) is 0 Å². The molecule has 0 heterocycles. The minimum absolute atomic E-state index is 0.198. The fourth-order valence-electron chi connectivity index (χ4n) is 2.29. The third-order valence-corrected chi connectivity index (χ3v) is 3.45. The molecule has 22 heavy (non-hydrogen) atoms. The zero-order valence-corrected chi connectivity index (χ0v) is 14.0. The van der Waals surface area contributed by atoms with Crippen LogP contribution < -0.4 is 5.32 Å². The summed E-state index contributed by atoms with van der Waals surface area (Å²) < 4.78 is 5.29. The number of aldehydes is 1. The van der Waals surface area contributed by atoms with Crippen LogP contribution in [0.2, 0.25) is 0 Å². The van der Waals surface area contributed by atoms with Crippen LogP contribution >= 0.6 is 0 Å². The Kier molecular flexibility index (Phi) is 7.09. The molecule has 0 radical (unpaired) electrons. The molecule has 0 saturated carbocycles. The van der Waals surface area contributed by atoms with Crippen LogP contribution in [0.4, 0.5) is 4.79 Å². The Bertz CT molecular complexity index is 465. The van der Waals surface area contributed by atoms with Gasteiger partial charge in [-0.05, 0) is 45.6 Å². The molecule has 1 rings (SSSR count).